The number of carbonyl (C=O) groups excluding carboxylic acids is 2. The minimum Gasteiger partial charge on any atom is -0.335 e. The SMILES string of the molecule is O=C1CCc2cc(C=CC(=O)N3CC=C(Cc4ccccc4)CCC3)cnc2N1. The van der Waals surface area contributed by atoms with Gasteiger partial charge in [0.1, 0.15) is 5.82 Å². The van der Waals surface area contributed by atoms with E-state index in [0.717, 1.165) is 36.9 Å². The van der Waals surface area contributed by atoms with E-state index in [1.165, 1.54) is 11.1 Å². The summed E-state index contributed by atoms with van der Waals surface area (Å²) >= 11 is 0. The smallest absolute Gasteiger partial charge is 0.246 e. The molecule has 4 rings (SSSR count). The first-order valence-electron chi connectivity index (χ1n) is 10.1. The highest BCUT2D eigenvalue weighted by Gasteiger charge is 2.16. The van der Waals surface area contributed by atoms with E-state index in [1.807, 2.05) is 23.1 Å². The molecule has 0 unspecified atom stereocenters. The van der Waals surface area contributed by atoms with Crippen LogP contribution in [0.5, 0.6) is 0 Å². The first-order valence-corrected chi connectivity index (χ1v) is 10.1. The molecule has 1 aromatic heterocycles. The lowest BCUT2D eigenvalue weighted by Crippen LogP contribution is -2.29. The van der Waals surface area contributed by atoms with Crippen LogP contribution < -0.4 is 5.32 Å². The molecule has 0 fully saturated rings. The molecule has 1 N–H and O–H groups in total. The highest BCUT2D eigenvalue weighted by molar-refractivity contribution is 5.93. The molecule has 2 aliphatic heterocycles. The summed E-state index contributed by atoms with van der Waals surface area (Å²) < 4.78 is 0. The predicted octanol–water partition coefficient (Wildman–Crippen LogP) is 3.77. The molecule has 2 aromatic rings. The van der Waals surface area contributed by atoms with Gasteiger partial charge in [-0.3, -0.25) is 9.59 Å². The summed E-state index contributed by atoms with van der Waals surface area (Å²) in [7, 11) is 0. The number of allylic oxidation sites excluding steroid dienone is 1. The number of carbonyl (C=O) groups is 2. The van der Waals surface area contributed by atoms with Crippen molar-refractivity contribution in [3.63, 3.8) is 0 Å². The van der Waals surface area contributed by atoms with E-state index in [4.69, 9.17) is 0 Å². The predicted molar refractivity (Wildman–Crippen MR) is 114 cm³/mol. The van der Waals surface area contributed by atoms with Gasteiger partial charge in [0.2, 0.25) is 11.8 Å². The number of pyridine rings is 1. The van der Waals surface area contributed by atoms with Crippen LogP contribution in [0.1, 0.15) is 36.0 Å². The number of fused-ring (bicyclic) bond motifs is 1. The zero-order valence-electron chi connectivity index (χ0n) is 16.4. The molecule has 3 heterocycles. The highest BCUT2D eigenvalue weighted by Crippen LogP contribution is 2.21. The number of aromatic nitrogens is 1. The summed E-state index contributed by atoms with van der Waals surface area (Å²) in [5.41, 5.74) is 4.61. The Balaban J connectivity index is 1.37. The number of nitrogens with one attached hydrogen (secondary N) is 1. The fourth-order valence-corrected chi connectivity index (χ4v) is 3.79. The topological polar surface area (TPSA) is 62.3 Å². The molecule has 29 heavy (non-hydrogen) atoms. The highest BCUT2D eigenvalue weighted by atomic mass is 16.2. The summed E-state index contributed by atoms with van der Waals surface area (Å²) in [6.07, 6.45) is 11.5. The Labute approximate surface area is 171 Å². The molecular formula is C24H25N3O2. The molecule has 2 aliphatic rings. The van der Waals surface area contributed by atoms with Crippen LogP contribution in [-0.4, -0.2) is 34.8 Å². The van der Waals surface area contributed by atoms with E-state index in [0.29, 0.717) is 25.2 Å². The van der Waals surface area contributed by atoms with Gasteiger partial charge < -0.3 is 10.2 Å². The normalized spacial score (nSPS) is 16.8. The molecule has 1 aromatic carbocycles. The third-order valence-electron chi connectivity index (χ3n) is 5.40. The van der Waals surface area contributed by atoms with Crippen molar-refractivity contribution < 1.29 is 9.59 Å². The fraction of sp³-hybridized carbons (Fsp3) is 0.292. The fourth-order valence-electron chi connectivity index (χ4n) is 3.79. The Morgan fingerprint density at radius 3 is 2.90 bits per heavy atom. The molecular weight excluding hydrogens is 362 g/mol. The van der Waals surface area contributed by atoms with Gasteiger partial charge in [-0.05, 0) is 54.5 Å². The van der Waals surface area contributed by atoms with E-state index < -0.39 is 0 Å². The van der Waals surface area contributed by atoms with Gasteiger partial charge in [-0.25, -0.2) is 4.98 Å². The van der Waals surface area contributed by atoms with Crippen molar-refractivity contribution >= 4 is 23.7 Å². The van der Waals surface area contributed by atoms with E-state index in [-0.39, 0.29) is 11.8 Å². The van der Waals surface area contributed by atoms with Crippen LogP contribution in [0.15, 0.2) is 60.3 Å². The van der Waals surface area contributed by atoms with Crippen LogP contribution >= 0.6 is 0 Å². The van der Waals surface area contributed by atoms with Crippen molar-refractivity contribution in [1.82, 2.24) is 9.88 Å². The number of nitrogens with zero attached hydrogens (tertiary/aromatic N) is 2. The van der Waals surface area contributed by atoms with Crippen molar-refractivity contribution in [2.75, 3.05) is 18.4 Å². The Morgan fingerprint density at radius 2 is 2.03 bits per heavy atom. The van der Waals surface area contributed by atoms with Crippen LogP contribution in [-0.2, 0) is 22.4 Å². The number of hydrogen-bond donors (Lipinski definition) is 1. The van der Waals surface area contributed by atoms with E-state index in [2.05, 4.69) is 40.6 Å². The van der Waals surface area contributed by atoms with Crippen molar-refractivity contribution in [3.05, 3.63) is 77.0 Å². The Hall–Kier alpha value is -3.21. The average molecular weight is 387 g/mol. The summed E-state index contributed by atoms with van der Waals surface area (Å²) in [5, 5.41) is 2.78. The molecule has 5 nitrogen and oxygen atoms in total. The third kappa shape index (κ3) is 4.99. The van der Waals surface area contributed by atoms with Crippen LogP contribution in [0.25, 0.3) is 6.08 Å². The summed E-state index contributed by atoms with van der Waals surface area (Å²) in [4.78, 5) is 30.3. The maximum Gasteiger partial charge on any atom is 0.246 e. The van der Waals surface area contributed by atoms with Crippen LogP contribution in [0.4, 0.5) is 5.82 Å². The lowest BCUT2D eigenvalue weighted by Gasteiger charge is -2.17. The van der Waals surface area contributed by atoms with Crippen molar-refractivity contribution in [3.8, 4) is 0 Å². The first-order chi connectivity index (χ1) is 14.2. The molecule has 0 saturated heterocycles. The Kier molecular flexibility index (Phi) is 5.84. The lowest BCUT2D eigenvalue weighted by molar-refractivity contribution is -0.125. The summed E-state index contributed by atoms with van der Waals surface area (Å²) in [5.74, 6) is 0.658. The minimum absolute atomic E-state index is 0.00400. The van der Waals surface area contributed by atoms with Gasteiger partial charge in [0.25, 0.3) is 0 Å². The maximum atomic E-state index is 12.7. The van der Waals surface area contributed by atoms with Gasteiger partial charge in [-0.2, -0.15) is 0 Å². The van der Waals surface area contributed by atoms with Gasteiger partial charge in [0.15, 0.2) is 0 Å². The molecule has 0 bridgehead atoms. The number of aryl methyl sites for hydroxylation is 1. The second-order valence-corrected chi connectivity index (χ2v) is 7.57. The van der Waals surface area contributed by atoms with Crippen LogP contribution in [0.2, 0.25) is 0 Å². The number of rotatable bonds is 4. The van der Waals surface area contributed by atoms with Gasteiger partial charge in [0.05, 0.1) is 0 Å². The van der Waals surface area contributed by atoms with Crippen molar-refractivity contribution in [2.24, 2.45) is 0 Å². The second-order valence-electron chi connectivity index (χ2n) is 7.57. The van der Waals surface area contributed by atoms with Crippen LogP contribution in [0.3, 0.4) is 0 Å². The molecule has 0 aliphatic carbocycles. The van der Waals surface area contributed by atoms with Crippen LogP contribution in [0, 0.1) is 0 Å². The lowest BCUT2D eigenvalue weighted by atomic mass is 10.0. The van der Waals surface area contributed by atoms with E-state index in [9.17, 15) is 9.59 Å². The molecule has 0 spiro atoms. The molecule has 148 valence electrons. The Morgan fingerprint density at radius 1 is 1.17 bits per heavy atom. The van der Waals surface area contributed by atoms with Gasteiger partial charge in [-0.15, -0.1) is 0 Å². The largest absolute Gasteiger partial charge is 0.335 e. The van der Waals surface area contributed by atoms with Gasteiger partial charge in [-0.1, -0.05) is 42.0 Å². The average Bonchev–Trinajstić information content (AvgIpc) is 2.98. The number of anilines is 1. The van der Waals surface area contributed by atoms with Crippen molar-refractivity contribution in [2.45, 2.75) is 32.1 Å². The van der Waals surface area contributed by atoms with Gasteiger partial charge in [0, 0.05) is 31.8 Å². The molecule has 0 atom stereocenters. The number of benzene rings is 1. The maximum absolute atomic E-state index is 12.7. The number of hydrogen-bond acceptors (Lipinski definition) is 3. The second kappa shape index (κ2) is 8.86. The molecule has 2 amide bonds. The quantitative estimate of drug-likeness (QED) is 0.642. The van der Waals surface area contributed by atoms with Gasteiger partial charge >= 0.3 is 0 Å². The minimum atomic E-state index is 0.00400. The molecule has 5 heteroatoms. The van der Waals surface area contributed by atoms with E-state index in [1.54, 1.807) is 12.3 Å². The Bertz CT molecular complexity index is 963. The monoisotopic (exact) mass is 387 g/mol. The van der Waals surface area contributed by atoms with E-state index >= 15 is 0 Å². The molecule has 0 radical (unpaired) electrons. The summed E-state index contributed by atoms with van der Waals surface area (Å²) in [6.45, 7) is 1.42. The zero-order chi connectivity index (χ0) is 20.1. The third-order valence-corrected chi connectivity index (χ3v) is 5.40. The molecule has 0 saturated carbocycles. The number of amides is 2. The zero-order valence-corrected chi connectivity index (χ0v) is 16.4. The van der Waals surface area contributed by atoms with Crippen molar-refractivity contribution in [1.29, 1.82) is 0 Å². The first kappa shape index (κ1) is 19.1. The standard InChI is InChI=1S/C24H25N3O2/c28-22-10-9-21-16-20(17-25-24(21)26-22)8-11-23(29)27-13-4-7-19(12-14-27)15-18-5-2-1-3-6-18/h1-3,5-6,8,11-12,16-17H,4,7,9-10,13-15H2,(H,25,26,28). The summed E-state index contributed by atoms with van der Waals surface area (Å²) in [6, 6.07) is 12.5.